The van der Waals surface area contributed by atoms with Crippen molar-refractivity contribution in [2.75, 3.05) is 6.54 Å². The molecule has 6 saturated carbocycles. The third kappa shape index (κ3) is 0.638. The van der Waals surface area contributed by atoms with Gasteiger partial charge in [0.05, 0.1) is 0 Å². The predicted octanol–water partition coefficient (Wildman–Crippen LogP) is 2.13. The van der Waals surface area contributed by atoms with Crippen molar-refractivity contribution in [2.45, 2.75) is 32.2 Å². The van der Waals surface area contributed by atoms with E-state index in [-0.39, 0.29) is 0 Å². The molecular weight excluding hydrogens is 182 g/mol. The first-order valence-corrected chi connectivity index (χ1v) is 7.15. The van der Waals surface area contributed by atoms with Crippen LogP contribution in [0.2, 0.25) is 0 Å². The fourth-order valence-electron chi connectivity index (χ4n) is 7.20. The molecule has 0 heterocycles. The van der Waals surface area contributed by atoms with Gasteiger partial charge in [-0.05, 0) is 73.2 Å². The van der Waals surface area contributed by atoms with Crippen molar-refractivity contribution >= 4 is 0 Å². The van der Waals surface area contributed by atoms with E-state index >= 15 is 0 Å². The topological polar surface area (TPSA) is 12.0 Å². The Labute approximate surface area is 92.0 Å². The van der Waals surface area contributed by atoms with Gasteiger partial charge < -0.3 is 5.32 Å². The largest absolute Gasteiger partial charge is 0.313 e. The highest BCUT2D eigenvalue weighted by Gasteiger charge is 2.79. The second kappa shape index (κ2) is 2.30. The second-order valence-corrected chi connectivity index (χ2v) is 6.92. The van der Waals surface area contributed by atoms with Gasteiger partial charge in [0.1, 0.15) is 0 Å². The van der Waals surface area contributed by atoms with Gasteiger partial charge in [0, 0.05) is 6.04 Å². The fourth-order valence-corrected chi connectivity index (χ4v) is 7.20. The molecule has 0 amide bonds. The molecule has 1 N–H and O–H groups in total. The number of rotatable bonds is 3. The minimum absolute atomic E-state index is 0.965. The summed E-state index contributed by atoms with van der Waals surface area (Å²) in [7, 11) is 0. The molecular formula is C14H21N. The van der Waals surface area contributed by atoms with E-state index in [1.54, 1.807) is 12.8 Å². The highest BCUT2D eigenvalue weighted by Crippen LogP contribution is 2.82. The lowest BCUT2D eigenvalue weighted by Gasteiger charge is -2.33. The zero-order valence-electron chi connectivity index (χ0n) is 9.52. The van der Waals surface area contributed by atoms with E-state index in [4.69, 9.17) is 0 Å². The van der Waals surface area contributed by atoms with Crippen molar-refractivity contribution in [3.8, 4) is 0 Å². The van der Waals surface area contributed by atoms with Gasteiger partial charge in [-0.2, -0.15) is 0 Å². The van der Waals surface area contributed by atoms with Crippen LogP contribution in [0.1, 0.15) is 26.2 Å². The molecule has 0 saturated heterocycles. The van der Waals surface area contributed by atoms with E-state index in [1.807, 2.05) is 0 Å². The maximum atomic E-state index is 3.91. The van der Waals surface area contributed by atoms with E-state index in [9.17, 15) is 0 Å². The lowest BCUT2D eigenvalue weighted by molar-refractivity contribution is 0.132. The molecule has 1 heteroatoms. The molecule has 6 aliphatic carbocycles. The average molecular weight is 203 g/mol. The summed E-state index contributed by atoms with van der Waals surface area (Å²) >= 11 is 0. The molecule has 82 valence electrons. The Kier molecular flexibility index (Phi) is 1.24. The first-order valence-electron chi connectivity index (χ1n) is 7.15. The van der Waals surface area contributed by atoms with E-state index in [1.165, 1.54) is 48.5 Å². The third-order valence-corrected chi connectivity index (χ3v) is 6.95. The monoisotopic (exact) mass is 203 g/mol. The van der Waals surface area contributed by atoms with Crippen molar-refractivity contribution < 1.29 is 0 Å². The molecule has 6 fully saturated rings. The van der Waals surface area contributed by atoms with E-state index in [0.717, 1.165) is 17.9 Å². The Morgan fingerprint density at radius 3 is 2.00 bits per heavy atom. The fraction of sp³-hybridized carbons (Fsp3) is 1.00. The zero-order chi connectivity index (χ0) is 9.73. The van der Waals surface area contributed by atoms with Crippen molar-refractivity contribution in [3.63, 3.8) is 0 Å². The molecule has 0 aliphatic heterocycles. The maximum absolute atomic E-state index is 3.91. The molecule has 0 radical (unpaired) electrons. The first-order chi connectivity index (χ1) is 7.42. The lowest BCUT2D eigenvalue weighted by Crippen LogP contribution is -2.35. The molecule has 9 atom stereocenters. The second-order valence-electron chi connectivity index (χ2n) is 6.92. The molecule has 15 heavy (non-hydrogen) atoms. The molecule has 0 aromatic carbocycles. The summed E-state index contributed by atoms with van der Waals surface area (Å²) in [4.78, 5) is 0. The van der Waals surface area contributed by atoms with Crippen LogP contribution < -0.4 is 5.32 Å². The summed E-state index contributed by atoms with van der Waals surface area (Å²) < 4.78 is 0. The van der Waals surface area contributed by atoms with Gasteiger partial charge in [-0.3, -0.25) is 0 Å². The third-order valence-electron chi connectivity index (χ3n) is 6.95. The minimum Gasteiger partial charge on any atom is -0.313 e. The summed E-state index contributed by atoms with van der Waals surface area (Å²) in [5.74, 6) is 9.46. The van der Waals surface area contributed by atoms with Crippen LogP contribution in [0.5, 0.6) is 0 Å². The van der Waals surface area contributed by atoms with Gasteiger partial charge in [-0.25, -0.2) is 0 Å². The molecule has 6 rings (SSSR count). The van der Waals surface area contributed by atoms with E-state index in [2.05, 4.69) is 12.2 Å². The summed E-state index contributed by atoms with van der Waals surface area (Å²) in [5, 5.41) is 3.91. The van der Waals surface area contributed by atoms with Crippen LogP contribution >= 0.6 is 0 Å². The molecule has 1 nitrogen and oxygen atoms in total. The first kappa shape index (κ1) is 8.11. The summed E-state index contributed by atoms with van der Waals surface area (Å²) in [6.07, 6.45) is 4.59. The van der Waals surface area contributed by atoms with Crippen LogP contribution in [0, 0.1) is 47.3 Å². The summed E-state index contributed by atoms with van der Waals surface area (Å²) in [5.41, 5.74) is 0. The Hall–Kier alpha value is -0.0400. The average Bonchev–Trinajstić information content (AvgIpc) is 2.91. The van der Waals surface area contributed by atoms with Gasteiger partial charge in [0.25, 0.3) is 0 Å². The van der Waals surface area contributed by atoms with Crippen LogP contribution in [0.3, 0.4) is 0 Å². The maximum Gasteiger partial charge on any atom is 0.0135 e. The SMILES string of the molecule is CCCNC1[C@@H]2[C@@H]3C[C@@H]4[C@@H]5C[C@@H]([C@H]1[C@H]53)[C@@H]42. The van der Waals surface area contributed by atoms with Gasteiger partial charge >= 0.3 is 0 Å². The number of nitrogens with one attached hydrogen (secondary N) is 1. The quantitative estimate of drug-likeness (QED) is 0.741. The Morgan fingerprint density at radius 2 is 1.47 bits per heavy atom. The number of hydrogen-bond acceptors (Lipinski definition) is 1. The smallest absolute Gasteiger partial charge is 0.0135 e. The lowest BCUT2D eigenvalue weighted by atomic mass is 9.71. The molecule has 1 unspecified atom stereocenters. The van der Waals surface area contributed by atoms with Crippen LogP contribution in [0.4, 0.5) is 0 Å². The number of hydrogen-bond donors (Lipinski definition) is 1. The van der Waals surface area contributed by atoms with Gasteiger partial charge in [-0.15, -0.1) is 0 Å². The van der Waals surface area contributed by atoms with Crippen molar-refractivity contribution in [1.82, 2.24) is 5.32 Å². The van der Waals surface area contributed by atoms with Crippen molar-refractivity contribution in [2.24, 2.45) is 47.3 Å². The van der Waals surface area contributed by atoms with Gasteiger partial charge in [-0.1, -0.05) is 6.92 Å². The minimum atomic E-state index is 0.965. The zero-order valence-corrected chi connectivity index (χ0v) is 9.52. The van der Waals surface area contributed by atoms with Crippen molar-refractivity contribution in [1.29, 1.82) is 0 Å². The normalized spacial score (nSPS) is 70.6. The van der Waals surface area contributed by atoms with Gasteiger partial charge in [0.15, 0.2) is 0 Å². The Balaban J connectivity index is 1.55. The van der Waals surface area contributed by atoms with E-state index < -0.39 is 0 Å². The molecule has 0 spiro atoms. The molecule has 0 aromatic rings. The highest BCUT2D eigenvalue weighted by atomic mass is 15.0. The Morgan fingerprint density at radius 1 is 0.867 bits per heavy atom. The molecule has 6 aliphatic rings. The molecule has 0 aromatic heterocycles. The Bertz CT molecular complexity index is 297. The van der Waals surface area contributed by atoms with Crippen LogP contribution in [-0.4, -0.2) is 12.6 Å². The van der Waals surface area contributed by atoms with Crippen LogP contribution in [-0.2, 0) is 0 Å². The van der Waals surface area contributed by atoms with Gasteiger partial charge in [0.2, 0.25) is 0 Å². The standard InChI is InChI=1S/C14H21N/c1-2-3-15-14-12-8-4-6-7-5-9(10(6)12)13(14)11(7)8/h6-15H,2-5H2,1H3/t6-,7+,8-,9-,10-,11-,12-,13+,14?/m1/s1. The summed E-state index contributed by atoms with van der Waals surface area (Å²) in [6, 6.07) is 0.965. The highest BCUT2D eigenvalue weighted by molar-refractivity contribution is 5.29. The van der Waals surface area contributed by atoms with Crippen LogP contribution in [0.15, 0.2) is 0 Å². The summed E-state index contributed by atoms with van der Waals surface area (Å²) in [6.45, 7) is 3.57. The van der Waals surface area contributed by atoms with Crippen LogP contribution in [0.25, 0.3) is 0 Å². The van der Waals surface area contributed by atoms with Crippen molar-refractivity contribution in [3.05, 3.63) is 0 Å². The molecule has 6 bridgehead atoms. The predicted molar refractivity (Wildman–Crippen MR) is 59.2 cm³/mol. The van der Waals surface area contributed by atoms with E-state index in [0.29, 0.717) is 0 Å².